The smallest absolute Gasteiger partial charge is 0.243 e. The standard InChI is InChI=1S/C22H23ClF4N4O2/c1-13(22(33)28-11-19(32)29-18-6-5-17(25)20(26)21(18)27)31-9-7-30(8-10-31)12-14-15(23)3-2-4-16(14)24/h2-6,13H,7-12H2,1H3,(H,28,33)(H,29,32). The molecule has 1 unspecified atom stereocenters. The van der Waals surface area contributed by atoms with Gasteiger partial charge in [0.15, 0.2) is 17.5 Å². The molecule has 11 heteroatoms. The zero-order valence-electron chi connectivity index (χ0n) is 17.8. The van der Waals surface area contributed by atoms with Gasteiger partial charge in [-0.25, -0.2) is 17.6 Å². The highest BCUT2D eigenvalue weighted by atomic mass is 35.5. The van der Waals surface area contributed by atoms with Gasteiger partial charge in [0.05, 0.1) is 18.3 Å². The molecule has 1 saturated heterocycles. The SMILES string of the molecule is CC(C(=O)NCC(=O)Nc1ccc(F)c(F)c1F)N1CCN(Cc2c(F)cccc2Cl)CC1. The first kappa shape index (κ1) is 24.9. The van der Waals surface area contributed by atoms with Crippen molar-refractivity contribution >= 4 is 29.1 Å². The van der Waals surface area contributed by atoms with Crippen molar-refractivity contribution in [1.82, 2.24) is 15.1 Å². The molecule has 3 rings (SSSR count). The molecule has 1 aliphatic rings. The first-order valence-corrected chi connectivity index (χ1v) is 10.7. The van der Waals surface area contributed by atoms with Gasteiger partial charge in [-0.2, -0.15) is 0 Å². The van der Waals surface area contributed by atoms with Gasteiger partial charge in [-0.1, -0.05) is 17.7 Å². The monoisotopic (exact) mass is 486 g/mol. The van der Waals surface area contributed by atoms with Gasteiger partial charge in [-0.05, 0) is 31.2 Å². The summed E-state index contributed by atoms with van der Waals surface area (Å²) in [6.07, 6.45) is 0. The van der Waals surface area contributed by atoms with E-state index in [-0.39, 0.29) is 5.82 Å². The van der Waals surface area contributed by atoms with Crippen LogP contribution in [0.3, 0.4) is 0 Å². The third-order valence-electron chi connectivity index (χ3n) is 5.51. The van der Waals surface area contributed by atoms with E-state index >= 15 is 0 Å². The van der Waals surface area contributed by atoms with Gasteiger partial charge >= 0.3 is 0 Å². The molecular formula is C22H23ClF4N4O2. The first-order valence-electron chi connectivity index (χ1n) is 10.3. The average Bonchev–Trinajstić information content (AvgIpc) is 2.80. The zero-order valence-corrected chi connectivity index (χ0v) is 18.6. The number of carbonyl (C=O) groups is 2. The average molecular weight is 487 g/mol. The maximum Gasteiger partial charge on any atom is 0.243 e. The van der Waals surface area contributed by atoms with Crippen molar-refractivity contribution < 1.29 is 27.2 Å². The molecule has 178 valence electrons. The molecule has 0 saturated carbocycles. The lowest BCUT2D eigenvalue weighted by Gasteiger charge is -2.37. The van der Waals surface area contributed by atoms with E-state index in [2.05, 4.69) is 10.6 Å². The first-order chi connectivity index (χ1) is 15.7. The molecular weight excluding hydrogens is 464 g/mol. The molecule has 1 aliphatic heterocycles. The Bertz CT molecular complexity index is 1010. The van der Waals surface area contributed by atoms with Crippen LogP contribution in [-0.2, 0) is 16.1 Å². The van der Waals surface area contributed by atoms with Gasteiger partial charge in [0.1, 0.15) is 5.82 Å². The van der Waals surface area contributed by atoms with Crippen molar-refractivity contribution in [3.05, 3.63) is 64.2 Å². The summed E-state index contributed by atoms with van der Waals surface area (Å²) in [6.45, 7) is 3.87. The number of hydrogen-bond acceptors (Lipinski definition) is 4. The van der Waals surface area contributed by atoms with Gasteiger partial charge < -0.3 is 10.6 Å². The highest BCUT2D eigenvalue weighted by Gasteiger charge is 2.26. The molecule has 0 aromatic heterocycles. The van der Waals surface area contributed by atoms with Crippen LogP contribution in [0.15, 0.2) is 30.3 Å². The molecule has 6 nitrogen and oxygen atoms in total. The lowest BCUT2D eigenvalue weighted by atomic mass is 10.1. The van der Waals surface area contributed by atoms with Crippen molar-refractivity contribution in [1.29, 1.82) is 0 Å². The highest BCUT2D eigenvalue weighted by molar-refractivity contribution is 6.31. The Kier molecular flexibility index (Phi) is 8.28. The van der Waals surface area contributed by atoms with E-state index in [9.17, 15) is 27.2 Å². The summed E-state index contributed by atoms with van der Waals surface area (Å²) in [5.74, 6) is -6.14. The summed E-state index contributed by atoms with van der Waals surface area (Å²) in [5.41, 5.74) is -0.0887. The molecule has 2 N–H and O–H groups in total. The fourth-order valence-electron chi connectivity index (χ4n) is 3.51. The van der Waals surface area contributed by atoms with Crippen LogP contribution in [0.2, 0.25) is 5.02 Å². The number of rotatable bonds is 7. The highest BCUT2D eigenvalue weighted by Crippen LogP contribution is 2.22. The molecule has 0 bridgehead atoms. The van der Waals surface area contributed by atoms with Crippen molar-refractivity contribution in [3.63, 3.8) is 0 Å². The van der Waals surface area contributed by atoms with Crippen LogP contribution < -0.4 is 10.6 Å². The van der Waals surface area contributed by atoms with E-state index in [0.717, 1.165) is 6.07 Å². The maximum atomic E-state index is 14.0. The van der Waals surface area contributed by atoms with Crippen LogP contribution in [0, 0.1) is 23.3 Å². The second-order valence-electron chi connectivity index (χ2n) is 7.68. The Balaban J connectivity index is 1.45. The van der Waals surface area contributed by atoms with Gasteiger partial charge in [-0.15, -0.1) is 0 Å². The van der Waals surface area contributed by atoms with Gasteiger partial charge in [0.25, 0.3) is 0 Å². The predicted molar refractivity (Wildman–Crippen MR) is 116 cm³/mol. The second-order valence-corrected chi connectivity index (χ2v) is 8.08. The molecule has 0 aliphatic carbocycles. The summed E-state index contributed by atoms with van der Waals surface area (Å²) < 4.78 is 53.9. The summed E-state index contributed by atoms with van der Waals surface area (Å²) in [4.78, 5) is 28.4. The lowest BCUT2D eigenvalue weighted by molar-refractivity contribution is -0.128. The van der Waals surface area contributed by atoms with Crippen molar-refractivity contribution in [2.75, 3.05) is 38.0 Å². The number of benzene rings is 2. The zero-order chi connectivity index (χ0) is 24.1. The molecule has 0 radical (unpaired) electrons. The summed E-state index contributed by atoms with van der Waals surface area (Å²) in [7, 11) is 0. The summed E-state index contributed by atoms with van der Waals surface area (Å²) in [6, 6.07) is 5.59. The molecule has 1 atom stereocenters. The number of halogens is 5. The van der Waals surface area contributed by atoms with Crippen LogP contribution in [0.4, 0.5) is 23.2 Å². The second kappa shape index (κ2) is 11.0. The molecule has 33 heavy (non-hydrogen) atoms. The van der Waals surface area contributed by atoms with Gasteiger partial charge in [0, 0.05) is 43.3 Å². The van der Waals surface area contributed by atoms with Gasteiger partial charge in [0.2, 0.25) is 11.8 Å². The Morgan fingerprint density at radius 3 is 2.36 bits per heavy atom. The number of anilines is 1. The minimum atomic E-state index is -1.69. The predicted octanol–water partition coefficient (Wildman–Crippen LogP) is 3.16. The Morgan fingerprint density at radius 1 is 1.00 bits per heavy atom. The lowest BCUT2D eigenvalue weighted by Crippen LogP contribution is -2.54. The van der Waals surface area contributed by atoms with Crippen LogP contribution in [-0.4, -0.2) is 60.4 Å². The molecule has 1 fully saturated rings. The molecule has 2 aromatic carbocycles. The Labute approximate surface area is 193 Å². The maximum absolute atomic E-state index is 14.0. The van der Waals surface area contributed by atoms with Gasteiger partial charge in [-0.3, -0.25) is 19.4 Å². The van der Waals surface area contributed by atoms with Crippen LogP contribution >= 0.6 is 11.6 Å². The normalized spacial score (nSPS) is 15.8. The number of piperazine rings is 1. The largest absolute Gasteiger partial charge is 0.346 e. The van der Waals surface area contributed by atoms with E-state index in [4.69, 9.17) is 11.6 Å². The number of carbonyl (C=O) groups excluding carboxylic acids is 2. The number of amides is 2. The topological polar surface area (TPSA) is 64.7 Å². The number of hydrogen-bond donors (Lipinski definition) is 2. The van der Waals surface area contributed by atoms with Crippen molar-refractivity contribution in [2.24, 2.45) is 0 Å². The van der Waals surface area contributed by atoms with Crippen LogP contribution in [0.25, 0.3) is 0 Å². The fourth-order valence-corrected chi connectivity index (χ4v) is 3.74. The van der Waals surface area contributed by atoms with Crippen molar-refractivity contribution in [3.8, 4) is 0 Å². The van der Waals surface area contributed by atoms with E-state index in [1.54, 1.807) is 19.1 Å². The van der Waals surface area contributed by atoms with Crippen molar-refractivity contribution in [2.45, 2.75) is 19.5 Å². The minimum Gasteiger partial charge on any atom is -0.346 e. The summed E-state index contributed by atoms with van der Waals surface area (Å²) in [5, 5.41) is 4.91. The quantitative estimate of drug-likeness (QED) is 0.466. The van der Waals surface area contributed by atoms with E-state index in [0.29, 0.717) is 49.4 Å². The molecule has 0 spiro atoms. The fraction of sp³-hybridized carbons (Fsp3) is 0.364. The molecule has 2 aromatic rings. The number of nitrogens with one attached hydrogen (secondary N) is 2. The van der Waals surface area contributed by atoms with E-state index in [1.165, 1.54) is 6.07 Å². The minimum absolute atomic E-state index is 0.362. The molecule has 1 heterocycles. The van der Waals surface area contributed by atoms with Crippen LogP contribution in [0.5, 0.6) is 0 Å². The third-order valence-corrected chi connectivity index (χ3v) is 5.86. The molecule has 2 amide bonds. The van der Waals surface area contributed by atoms with E-state index < -0.39 is 47.5 Å². The third kappa shape index (κ3) is 6.21. The Morgan fingerprint density at radius 2 is 1.70 bits per heavy atom. The number of nitrogens with zero attached hydrogens (tertiary/aromatic N) is 2. The van der Waals surface area contributed by atoms with E-state index in [1.807, 2.05) is 9.80 Å². The summed E-state index contributed by atoms with van der Waals surface area (Å²) >= 11 is 6.09. The van der Waals surface area contributed by atoms with Crippen LogP contribution in [0.1, 0.15) is 12.5 Å². The Hall–Kier alpha value is -2.69.